The molecule has 3 heteroatoms. The molecule has 0 saturated carbocycles. The Kier molecular flexibility index (Phi) is 3.69. The number of rotatable bonds is 3. The van der Waals surface area contributed by atoms with E-state index in [0.717, 1.165) is 5.56 Å². The lowest BCUT2D eigenvalue weighted by molar-refractivity contribution is 0.0955. The summed E-state index contributed by atoms with van der Waals surface area (Å²) in [6.45, 7) is 2.48. The molecular weight excluding hydrogens is 176 g/mol. The van der Waals surface area contributed by atoms with E-state index in [-0.39, 0.29) is 5.91 Å². The minimum atomic E-state index is -0.0905. The third-order valence-electron chi connectivity index (χ3n) is 1.81. The first-order chi connectivity index (χ1) is 6.77. The summed E-state index contributed by atoms with van der Waals surface area (Å²) in [7, 11) is 0. The van der Waals surface area contributed by atoms with Crippen molar-refractivity contribution in [3.05, 3.63) is 35.4 Å². The lowest BCUT2D eigenvalue weighted by Crippen LogP contribution is -2.22. The van der Waals surface area contributed by atoms with Crippen LogP contribution in [0.3, 0.4) is 0 Å². The summed E-state index contributed by atoms with van der Waals surface area (Å²) in [5.74, 6) is -0.0905. The van der Waals surface area contributed by atoms with E-state index in [0.29, 0.717) is 18.5 Å². The topological polar surface area (TPSA) is 52.9 Å². The van der Waals surface area contributed by atoms with Crippen LogP contribution in [-0.4, -0.2) is 12.5 Å². The van der Waals surface area contributed by atoms with Gasteiger partial charge in [0.1, 0.15) is 0 Å². The van der Waals surface area contributed by atoms with Gasteiger partial charge < -0.3 is 5.32 Å². The average molecular weight is 188 g/mol. The zero-order chi connectivity index (χ0) is 10.4. The summed E-state index contributed by atoms with van der Waals surface area (Å²) in [5, 5.41) is 11.2. The number of carbonyl (C=O) groups is 1. The molecule has 1 aromatic carbocycles. The van der Waals surface area contributed by atoms with Gasteiger partial charge >= 0.3 is 0 Å². The fraction of sp³-hybridized carbons (Fsp3) is 0.273. The predicted molar refractivity (Wildman–Crippen MR) is 53.8 cm³/mol. The molecule has 0 atom stereocenters. The molecule has 0 fully saturated rings. The minimum absolute atomic E-state index is 0.0905. The molecule has 0 aliphatic heterocycles. The molecule has 0 saturated heterocycles. The highest BCUT2D eigenvalue weighted by atomic mass is 16.1. The lowest BCUT2D eigenvalue weighted by Gasteiger charge is -2.02. The molecule has 1 N–H and O–H groups in total. The van der Waals surface area contributed by atoms with Crippen LogP contribution >= 0.6 is 0 Å². The maximum Gasteiger partial charge on any atom is 0.251 e. The molecule has 72 valence electrons. The van der Waals surface area contributed by atoms with Crippen molar-refractivity contribution in [2.24, 2.45) is 0 Å². The summed E-state index contributed by atoms with van der Waals surface area (Å²) < 4.78 is 0. The van der Waals surface area contributed by atoms with Crippen molar-refractivity contribution in [2.75, 3.05) is 6.54 Å². The quantitative estimate of drug-likeness (QED) is 0.781. The fourth-order valence-electron chi connectivity index (χ4n) is 1.18. The van der Waals surface area contributed by atoms with Crippen LogP contribution < -0.4 is 5.32 Å². The minimum Gasteiger partial charge on any atom is -0.352 e. The van der Waals surface area contributed by atoms with Crippen molar-refractivity contribution >= 4 is 5.91 Å². The molecule has 0 aliphatic rings. The normalized spacial score (nSPS) is 9.14. The van der Waals surface area contributed by atoms with Gasteiger partial charge in [0.15, 0.2) is 0 Å². The molecule has 0 radical (unpaired) electrons. The maximum atomic E-state index is 11.4. The summed E-state index contributed by atoms with van der Waals surface area (Å²) >= 11 is 0. The molecule has 0 aliphatic carbocycles. The second-order valence-electron chi connectivity index (χ2n) is 2.89. The van der Waals surface area contributed by atoms with Gasteiger partial charge in [-0.1, -0.05) is 12.1 Å². The van der Waals surface area contributed by atoms with E-state index in [1.54, 1.807) is 18.2 Å². The number of amides is 1. The van der Waals surface area contributed by atoms with Crippen molar-refractivity contribution in [3.63, 3.8) is 0 Å². The smallest absolute Gasteiger partial charge is 0.251 e. The van der Waals surface area contributed by atoms with E-state index in [1.807, 2.05) is 13.0 Å². The van der Waals surface area contributed by atoms with E-state index >= 15 is 0 Å². The van der Waals surface area contributed by atoms with Gasteiger partial charge in [-0.15, -0.1) is 0 Å². The molecule has 14 heavy (non-hydrogen) atoms. The molecule has 0 spiro atoms. The number of hydrogen-bond acceptors (Lipinski definition) is 2. The number of nitrogens with zero attached hydrogens (tertiary/aromatic N) is 1. The molecule has 1 amide bonds. The van der Waals surface area contributed by atoms with Gasteiger partial charge in [0, 0.05) is 12.1 Å². The first kappa shape index (κ1) is 10.3. The van der Waals surface area contributed by atoms with Crippen LogP contribution in [0.5, 0.6) is 0 Å². The van der Waals surface area contributed by atoms with Crippen molar-refractivity contribution in [1.82, 2.24) is 5.32 Å². The van der Waals surface area contributed by atoms with Crippen LogP contribution in [0.1, 0.15) is 22.8 Å². The van der Waals surface area contributed by atoms with E-state index in [2.05, 4.69) is 11.4 Å². The van der Waals surface area contributed by atoms with E-state index in [4.69, 9.17) is 5.26 Å². The largest absolute Gasteiger partial charge is 0.352 e. The Labute approximate surface area is 83.4 Å². The third-order valence-corrected chi connectivity index (χ3v) is 1.81. The molecule has 0 aromatic heterocycles. The monoisotopic (exact) mass is 188 g/mol. The third kappa shape index (κ3) is 2.60. The Morgan fingerprint density at radius 3 is 3.00 bits per heavy atom. The Morgan fingerprint density at radius 1 is 1.57 bits per heavy atom. The highest BCUT2D eigenvalue weighted by Crippen LogP contribution is 2.05. The number of benzene rings is 1. The van der Waals surface area contributed by atoms with E-state index < -0.39 is 0 Å². The summed E-state index contributed by atoms with van der Waals surface area (Å²) in [6, 6.07) is 9.16. The lowest BCUT2D eigenvalue weighted by atomic mass is 10.1. The van der Waals surface area contributed by atoms with Gasteiger partial charge in [-0.2, -0.15) is 5.26 Å². The van der Waals surface area contributed by atoms with Crippen LogP contribution in [0.4, 0.5) is 0 Å². The molecule has 3 nitrogen and oxygen atoms in total. The first-order valence-electron chi connectivity index (χ1n) is 4.52. The number of carbonyl (C=O) groups excluding carboxylic acids is 1. The Bertz CT molecular complexity index is 366. The molecule has 0 unspecified atom stereocenters. The van der Waals surface area contributed by atoms with Crippen LogP contribution in [0.15, 0.2) is 24.3 Å². The predicted octanol–water partition coefficient (Wildman–Crippen LogP) is 1.50. The van der Waals surface area contributed by atoms with Gasteiger partial charge in [0.05, 0.1) is 12.5 Å². The Balaban J connectivity index is 2.83. The Hall–Kier alpha value is -1.82. The van der Waals surface area contributed by atoms with Crippen molar-refractivity contribution in [3.8, 4) is 6.07 Å². The van der Waals surface area contributed by atoms with Gasteiger partial charge in [0.25, 0.3) is 5.91 Å². The SMILES string of the molecule is CCNC(=O)c1cccc(CC#N)c1. The fourth-order valence-corrected chi connectivity index (χ4v) is 1.18. The van der Waals surface area contributed by atoms with Crippen LogP contribution in [0.25, 0.3) is 0 Å². The van der Waals surface area contributed by atoms with E-state index in [1.165, 1.54) is 0 Å². The Morgan fingerprint density at radius 2 is 2.36 bits per heavy atom. The zero-order valence-electron chi connectivity index (χ0n) is 8.08. The average Bonchev–Trinajstić information content (AvgIpc) is 2.19. The van der Waals surface area contributed by atoms with Crippen molar-refractivity contribution < 1.29 is 4.79 Å². The zero-order valence-corrected chi connectivity index (χ0v) is 8.08. The summed E-state index contributed by atoms with van der Waals surface area (Å²) in [4.78, 5) is 11.4. The van der Waals surface area contributed by atoms with Gasteiger partial charge in [0.2, 0.25) is 0 Å². The molecule has 0 heterocycles. The number of hydrogen-bond donors (Lipinski definition) is 1. The van der Waals surface area contributed by atoms with E-state index in [9.17, 15) is 4.79 Å². The van der Waals surface area contributed by atoms with Gasteiger partial charge in [-0.05, 0) is 24.6 Å². The molecular formula is C11H12N2O. The van der Waals surface area contributed by atoms with Crippen molar-refractivity contribution in [1.29, 1.82) is 5.26 Å². The van der Waals surface area contributed by atoms with Crippen LogP contribution in [0, 0.1) is 11.3 Å². The molecule has 0 bridgehead atoms. The second-order valence-corrected chi connectivity index (χ2v) is 2.89. The first-order valence-corrected chi connectivity index (χ1v) is 4.52. The maximum absolute atomic E-state index is 11.4. The van der Waals surface area contributed by atoms with Gasteiger partial charge in [-0.3, -0.25) is 4.79 Å². The molecule has 1 aromatic rings. The number of nitriles is 1. The van der Waals surface area contributed by atoms with Crippen LogP contribution in [-0.2, 0) is 6.42 Å². The standard InChI is InChI=1S/C11H12N2O/c1-2-13-11(14)10-5-3-4-9(8-10)6-7-12/h3-5,8H,2,6H2,1H3,(H,13,14). The summed E-state index contributed by atoms with van der Waals surface area (Å²) in [5.41, 5.74) is 1.48. The summed E-state index contributed by atoms with van der Waals surface area (Å²) in [6.07, 6.45) is 0.341. The van der Waals surface area contributed by atoms with Gasteiger partial charge in [-0.25, -0.2) is 0 Å². The molecule has 1 rings (SSSR count). The van der Waals surface area contributed by atoms with Crippen LogP contribution in [0.2, 0.25) is 0 Å². The number of nitrogens with one attached hydrogen (secondary N) is 1. The highest BCUT2D eigenvalue weighted by molar-refractivity contribution is 5.94. The second kappa shape index (κ2) is 5.03. The highest BCUT2D eigenvalue weighted by Gasteiger charge is 2.03. The van der Waals surface area contributed by atoms with Crippen molar-refractivity contribution in [2.45, 2.75) is 13.3 Å².